The van der Waals surface area contributed by atoms with Gasteiger partial charge in [0, 0.05) is 22.7 Å². The number of nitrogens with zero attached hydrogens (tertiary/aromatic N) is 3. The number of halogens is 2. The highest BCUT2D eigenvalue weighted by Crippen LogP contribution is 2.27. The smallest absolute Gasteiger partial charge is 0.288 e. The van der Waals surface area contributed by atoms with E-state index in [9.17, 15) is 13.6 Å². The molecule has 0 spiro atoms. The summed E-state index contributed by atoms with van der Waals surface area (Å²) < 4.78 is 26.6. The molecule has 1 heterocycles. The van der Waals surface area contributed by atoms with E-state index in [1.54, 1.807) is 24.3 Å². The molecule has 1 N–H and O–H groups in total. The van der Waals surface area contributed by atoms with E-state index in [0.717, 1.165) is 11.4 Å². The second-order valence-electron chi connectivity index (χ2n) is 5.66. The predicted octanol–water partition coefficient (Wildman–Crippen LogP) is 5.01. The van der Waals surface area contributed by atoms with Crippen molar-refractivity contribution in [1.29, 1.82) is 0 Å². The molecule has 0 unspecified atom stereocenters. The Labute approximate surface area is 169 Å². The molecule has 0 bridgehead atoms. The van der Waals surface area contributed by atoms with Crippen molar-refractivity contribution in [2.75, 3.05) is 11.1 Å². The summed E-state index contributed by atoms with van der Waals surface area (Å²) in [6.07, 6.45) is 0. The summed E-state index contributed by atoms with van der Waals surface area (Å²) in [5, 5.41) is 11.9. The zero-order valence-corrected chi connectivity index (χ0v) is 16.6. The highest BCUT2D eigenvalue weighted by molar-refractivity contribution is 8.00. The standard InChI is InChI=1S/C19H18F2N4OS2/c1-2-25-17(13-6-4-3-5-7-13)23-24-19(25)27-12-16(26)22-14-8-10-15(11-9-14)28-18(20)21/h3-11,18H,2,12H2,1H3,(H,22,26). The van der Waals surface area contributed by atoms with Gasteiger partial charge in [0.1, 0.15) is 0 Å². The van der Waals surface area contributed by atoms with Crippen LogP contribution in [0.2, 0.25) is 0 Å². The number of carbonyl (C=O) groups excluding carboxylic acids is 1. The molecule has 146 valence electrons. The van der Waals surface area contributed by atoms with Crippen LogP contribution in [0, 0.1) is 0 Å². The molecule has 0 radical (unpaired) electrons. The fourth-order valence-corrected chi connectivity index (χ4v) is 3.83. The maximum absolute atomic E-state index is 12.3. The number of amides is 1. The van der Waals surface area contributed by atoms with Gasteiger partial charge in [0.2, 0.25) is 5.91 Å². The van der Waals surface area contributed by atoms with Gasteiger partial charge in [0.15, 0.2) is 11.0 Å². The first-order valence-corrected chi connectivity index (χ1v) is 10.4. The molecule has 1 amide bonds. The van der Waals surface area contributed by atoms with Gasteiger partial charge in [-0.15, -0.1) is 10.2 Å². The van der Waals surface area contributed by atoms with Crippen LogP contribution in [0.5, 0.6) is 0 Å². The molecule has 0 fully saturated rings. The fraction of sp³-hybridized carbons (Fsp3) is 0.211. The first-order valence-electron chi connectivity index (χ1n) is 8.53. The average molecular weight is 421 g/mol. The van der Waals surface area contributed by atoms with E-state index < -0.39 is 5.76 Å². The SMILES string of the molecule is CCn1c(SCC(=O)Nc2ccc(SC(F)F)cc2)nnc1-c1ccccc1. The quantitative estimate of drug-likeness (QED) is 0.519. The average Bonchev–Trinajstić information content (AvgIpc) is 3.11. The van der Waals surface area contributed by atoms with Crippen molar-refractivity contribution < 1.29 is 13.6 Å². The van der Waals surface area contributed by atoms with Gasteiger partial charge in [-0.2, -0.15) is 8.78 Å². The monoisotopic (exact) mass is 420 g/mol. The zero-order chi connectivity index (χ0) is 19.9. The van der Waals surface area contributed by atoms with Crippen molar-refractivity contribution in [2.24, 2.45) is 0 Å². The van der Waals surface area contributed by atoms with Crippen molar-refractivity contribution in [3.8, 4) is 11.4 Å². The van der Waals surface area contributed by atoms with Crippen LogP contribution in [-0.2, 0) is 11.3 Å². The topological polar surface area (TPSA) is 59.8 Å². The lowest BCUT2D eigenvalue weighted by Gasteiger charge is -2.08. The fourth-order valence-electron chi connectivity index (χ4n) is 2.53. The summed E-state index contributed by atoms with van der Waals surface area (Å²) in [6.45, 7) is 2.68. The molecule has 1 aromatic heterocycles. The van der Waals surface area contributed by atoms with Gasteiger partial charge >= 0.3 is 0 Å². The van der Waals surface area contributed by atoms with Gasteiger partial charge in [-0.05, 0) is 31.2 Å². The number of hydrogen-bond acceptors (Lipinski definition) is 5. The minimum absolute atomic E-state index is 0.167. The van der Waals surface area contributed by atoms with Crippen molar-refractivity contribution in [3.63, 3.8) is 0 Å². The molecule has 2 aromatic carbocycles. The van der Waals surface area contributed by atoms with Crippen LogP contribution in [0.25, 0.3) is 11.4 Å². The lowest BCUT2D eigenvalue weighted by molar-refractivity contribution is -0.113. The first-order chi connectivity index (χ1) is 13.6. The van der Waals surface area contributed by atoms with Gasteiger partial charge in [0.05, 0.1) is 5.75 Å². The molecule has 9 heteroatoms. The third-order valence-electron chi connectivity index (χ3n) is 3.76. The number of thioether (sulfide) groups is 2. The Morgan fingerprint density at radius 2 is 1.82 bits per heavy atom. The minimum atomic E-state index is -2.46. The van der Waals surface area contributed by atoms with Crippen LogP contribution in [0.1, 0.15) is 6.92 Å². The molecule has 5 nitrogen and oxygen atoms in total. The zero-order valence-electron chi connectivity index (χ0n) is 15.0. The van der Waals surface area contributed by atoms with Crippen molar-refractivity contribution in [1.82, 2.24) is 14.8 Å². The molecule has 0 aliphatic carbocycles. The van der Waals surface area contributed by atoms with Crippen LogP contribution < -0.4 is 5.32 Å². The van der Waals surface area contributed by atoms with E-state index in [1.807, 2.05) is 41.8 Å². The maximum atomic E-state index is 12.3. The lowest BCUT2D eigenvalue weighted by atomic mass is 10.2. The summed E-state index contributed by atoms with van der Waals surface area (Å²) in [6, 6.07) is 16.1. The summed E-state index contributed by atoms with van der Waals surface area (Å²) in [5.74, 6) is -1.74. The lowest BCUT2D eigenvalue weighted by Crippen LogP contribution is -2.14. The first kappa shape index (κ1) is 20.3. The third-order valence-corrected chi connectivity index (χ3v) is 5.45. The van der Waals surface area contributed by atoms with E-state index in [1.165, 1.54) is 11.8 Å². The maximum Gasteiger partial charge on any atom is 0.288 e. The van der Waals surface area contributed by atoms with Gasteiger partial charge in [-0.1, -0.05) is 53.9 Å². The Kier molecular flexibility index (Phi) is 7.05. The number of alkyl halides is 2. The highest BCUT2D eigenvalue weighted by atomic mass is 32.2. The van der Waals surface area contributed by atoms with Crippen LogP contribution in [0.4, 0.5) is 14.5 Å². The molecule has 0 saturated heterocycles. The van der Waals surface area contributed by atoms with Crippen molar-refractivity contribution in [2.45, 2.75) is 29.3 Å². The van der Waals surface area contributed by atoms with E-state index in [2.05, 4.69) is 15.5 Å². The highest BCUT2D eigenvalue weighted by Gasteiger charge is 2.14. The second kappa shape index (κ2) is 9.70. The number of rotatable bonds is 8. The molecule has 0 saturated carbocycles. The van der Waals surface area contributed by atoms with Crippen LogP contribution in [0.15, 0.2) is 64.6 Å². The van der Waals surface area contributed by atoms with Crippen molar-refractivity contribution in [3.05, 3.63) is 54.6 Å². The molecule has 3 aromatic rings. The van der Waals surface area contributed by atoms with E-state index in [4.69, 9.17) is 0 Å². The Bertz CT molecular complexity index is 917. The Hall–Kier alpha value is -2.39. The van der Waals surface area contributed by atoms with Gasteiger partial charge in [0.25, 0.3) is 5.76 Å². The molecular weight excluding hydrogens is 402 g/mol. The van der Waals surface area contributed by atoms with Gasteiger partial charge < -0.3 is 9.88 Å². The van der Waals surface area contributed by atoms with Crippen LogP contribution in [-0.4, -0.2) is 32.2 Å². The number of aromatic nitrogens is 3. The minimum Gasteiger partial charge on any atom is -0.325 e. The number of anilines is 1. The molecule has 3 rings (SSSR count). The molecular formula is C19H18F2N4OS2. The molecule has 0 atom stereocenters. The van der Waals surface area contributed by atoms with E-state index >= 15 is 0 Å². The number of carbonyl (C=O) groups is 1. The number of hydrogen-bond donors (Lipinski definition) is 1. The van der Waals surface area contributed by atoms with Gasteiger partial charge in [-0.3, -0.25) is 4.79 Å². The summed E-state index contributed by atoms with van der Waals surface area (Å²) in [5.41, 5.74) is 1.53. The Morgan fingerprint density at radius 3 is 2.46 bits per heavy atom. The van der Waals surface area contributed by atoms with Crippen LogP contribution in [0.3, 0.4) is 0 Å². The predicted molar refractivity (Wildman–Crippen MR) is 109 cm³/mol. The normalized spacial score (nSPS) is 11.0. The largest absolute Gasteiger partial charge is 0.325 e. The molecule has 28 heavy (non-hydrogen) atoms. The Morgan fingerprint density at radius 1 is 1.11 bits per heavy atom. The summed E-state index contributed by atoms with van der Waals surface area (Å²) >= 11 is 1.77. The summed E-state index contributed by atoms with van der Waals surface area (Å²) in [7, 11) is 0. The van der Waals surface area contributed by atoms with E-state index in [-0.39, 0.29) is 11.7 Å². The van der Waals surface area contributed by atoms with Gasteiger partial charge in [-0.25, -0.2) is 0 Å². The van der Waals surface area contributed by atoms with Crippen LogP contribution >= 0.6 is 23.5 Å². The second-order valence-corrected chi connectivity index (χ2v) is 7.66. The number of nitrogens with one attached hydrogen (secondary N) is 1. The Balaban J connectivity index is 1.60. The third kappa shape index (κ3) is 5.32. The van der Waals surface area contributed by atoms with Crippen molar-refractivity contribution >= 4 is 35.1 Å². The summed E-state index contributed by atoms with van der Waals surface area (Å²) in [4.78, 5) is 12.7. The molecule has 0 aliphatic heterocycles. The molecule has 0 aliphatic rings. The van der Waals surface area contributed by atoms with E-state index in [0.29, 0.717) is 34.0 Å². The number of benzene rings is 2.